The van der Waals surface area contributed by atoms with Gasteiger partial charge in [-0.05, 0) is 73.7 Å². The van der Waals surface area contributed by atoms with E-state index in [9.17, 15) is 4.79 Å². The second-order valence-corrected chi connectivity index (χ2v) is 8.55. The minimum Gasteiger partial charge on any atom is -0.371 e. The van der Waals surface area contributed by atoms with Crippen LogP contribution in [0.5, 0.6) is 0 Å². The molecule has 0 saturated carbocycles. The third-order valence-corrected chi connectivity index (χ3v) is 6.53. The molecule has 0 aliphatic carbocycles. The number of piperidine rings is 1. The Balaban J connectivity index is 1.27. The molecule has 1 aliphatic heterocycles. The lowest BCUT2D eigenvalue weighted by Crippen LogP contribution is -2.32. The van der Waals surface area contributed by atoms with Crippen LogP contribution >= 0.6 is 0 Å². The summed E-state index contributed by atoms with van der Waals surface area (Å²) in [6, 6.07) is 8.26. The molecule has 0 amide bonds. The zero-order chi connectivity index (χ0) is 22.1. The van der Waals surface area contributed by atoms with Gasteiger partial charge in [-0.2, -0.15) is 0 Å². The molecule has 1 fully saturated rings. The molecular formula is C25H28N6O. The first-order valence-electron chi connectivity index (χ1n) is 11.3. The summed E-state index contributed by atoms with van der Waals surface area (Å²) < 4.78 is 0. The topological polar surface area (TPSA) is 86.8 Å². The van der Waals surface area contributed by atoms with Crippen molar-refractivity contribution in [3.05, 3.63) is 69.9 Å². The van der Waals surface area contributed by atoms with Gasteiger partial charge in [0, 0.05) is 43.1 Å². The molecule has 0 spiro atoms. The molecule has 4 aromatic rings. The Bertz CT molecular complexity index is 1320. The average Bonchev–Trinajstić information content (AvgIpc) is 2.83. The molecule has 0 atom stereocenters. The van der Waals surface area contributed by atoms with Gasteiger partial charge < -0.3 is 10.3 Å². The SMILES string of the molecule is CCc1cc2ncc(CN3CCC(c4cnc5c(NC)nccc5c4)CC3)cc2[nH]c1=O. The van der Waals surface area contributed by atoms with Crippen LogP contribution < -0.4 is 10.9 Å². The molecule has 0 radical (unpaired) electrons. The predicted molar refractivity (Wildman–Crippen MR) is 128 cm³/mol. The summed E-state index contributed by atoms with van der Waals surface area (Å²) in [5.41, 5.74) is 5.80. The van der Waals surface area contributed by atoms with E-state index in [1.807, 2.05) is 44.7 Å². The number of nitrogens with zero attached hydrogens (tertiary/aromatic N) is 4. The zero-order valence-electron chi connectivity index (χ0n) is 18.6. The number of aryl methyl sites for hydroxylation is 1. The molecule has 1 aliphatic rings. The van der Waals surface area contributed by atoms with Gasteiger partial charge in [-0.25, -0.2) is 4.98 Å². The van der Waals surface area contributed by atoms with Gasteiger partial charge in [-0.1, -0.05) is 6.92 Å². The van der Waals surface area contributed by atoms with E-state index in [0.717, 1.165) is 71.4 Å². The van der Waals surface area contributed by atoms with E-state index in [1.165, 1.54) is 5.56 Å². The Kier molecular flexibility index (Phi) is 5.57. The second-order valence-electron chi connectivity index (χ2n) is 8.55. The average molecular weight is 429 g/mol. The number of rotatable bonds is 5. The fourth-order valence-corrected chi connectivity index (χ4v) is 4.68. The molecule has 0 bridgehead atoms. The van der Waals surface area contributed by atoms with Crippen LogP contribution in [-0.2, 0) is 13.0 Å². The van der Waals surface area contributed by atoms with Crippen LogP contribution in [-0.4, -0.2) is 45.0 Å². The predicted octanol–water partition coefficient (Wildman–Crippen LogP) is 3.85. The smallest absolute Gasteiger partial charge is 0.251 e. The summed E-state index contributed by atoms with van der Waals surface area (Å²) in [7, 11) is 1.87. The second kappa shape index (κ2) is 8.67. The van der Waals surface area contributed by atoms with Crippen molar-refractivity contribution in [1.82, 2.24) is 24.8 Å². The summed E-state index contributed by atoms with van der Waals surface area (Å²) in [5, 5.41) is 4.24. The van der Waals surface area contributed by atoms with Crippen molar-refractivity contribution in [2.75, 3.05) is 25.5 Å². The molecule has 4 aromatic heterocycles. The lowest BCUT2D eigenvalue weighted by Gasteiger charge is -2.32. The fraction of sp³-hybridized carbons (Fsp3) is 0.360. The molecular weight excluding hydrogens is 400 g/mol. The minimum atomic E-state index is -0.0126. The highest BCUT2D eigenvalue weighted by atomic mass is 16.1. The first kappa shape index (κ1) is 20.6. The molecule has 7 heteroatoms. The quantitative estimate of drug-likeness (QED) is 0.502. The van der Waals surface area contributed by atoms with E-state index in [0.29, 0.717) is 12.3 Å². The number of H-pyrrole nitrogens is 1. The first-order chi connectivity index (χ1) is 15.6. The standard InChI is InChI=1S/C25H28N6O/c1-3-17-12-21-22(30-25(17)32)10-16(13-28-21)15-31-8-5-18(6-9-31)20-11-19-4-7-27-24(26-2)23(19)29-14-20/h4,7,10-14,18H,3,5-6,8-9,15H2,1-2H3,(H,26,27)(H,30,32). The van der Waals surface area contributed by atoms with Crippen molar-refractivity contribution >= 4 is 27.8 Å². The van der Waals surface area contributed by atoms with E-state index in [2.05, 4.69) is 42.3 Å². The maximum absolute atomic E-state index is 12.1. The number of hydrogen-bond acceptors (Lipinski definition) is 6. The summed E-state index contributed by atoms with van der Waals surface area (Å²) in [6.45, 7) is 4.90. The highest BCUT2D eigenvalue weighted by Crippen LogP contribution is 2.31. The van der Waals surface area contributed by atoms with Crippen molar-refractivity contribution < 1.29 is 0 Å². The van der Waals surface area contributed by atoms with Gasteiger partial charge in [-0.3, -0.25) is 19.7 Å². The largest absolute Gasteiger partial charge is 0.371 e. The maximum Gasteiger partial charge on any atom is 0.251 e. The Morgan fingerprint density at radius 3 is 2.75 bits per heavy atom. The zero-order valence-corrected chi connectivity index (χ0v) is 18.6. The molecule has 0 aromatic carbocycles. The summed E-state index contributed by atoms with van der Waals surface area (Å²) in [4.78, 5) is 31.2. The van der Waals surface area contributed by atoms with Gasteiger partial charge >= 0.3 is 0 Å². The number of likely N-dealkylation sites (tertiary alicyclic amines) is 1. The van der Waals surface area contributed by atoms with Gasteiger partial charge in [0.15, 0.2) is 5.82 Å². The molecule has 7 nitrogen and oxygen atoms in total. The van der Waals surface area contributed by atoms with E-state index in [4.69, 9.17) is 0 Å². The Hall–Kier alpha value is -3.32. The van der Waals surface area contributed by atoms with Crippen molar-refractivity contribution in [3.63, 3.8) is 0 Å². The first-order valence-corrected chi connectivity index (χ1v) is 11.3. The summed E-state index contributed by atoms with van der Waals surface area (Å²) in [5.74, 6) is 1.34. The van der Waals surface area contributed by atoms with Crippen molar-refractivity contribution in [2.24, 2.45) is 0 Å². The number of aromatic amines is 1. The minimum absolute atomic E-state index is 0.0126. The van der Waals surface area contributed by atoms with Crippen LogP contribution in [0.4, 0.5) is 5.82 Å². The number of nitrogens with one attached hydrogen (secondary N) is 2. The van der Waals surface area contributed by atoms with Crippen LogP contribution in [0, 0.1) is 0 Å². The van der Waals surface area contributed by atoms with Gasteiger partial charge in [-0.15, -0.1) is 0 Å². The Labute approximate surface area is 186 Å². The molecule has 164 valence electrons. The number of aromatic nitrogens is 4. The van der Waals surface area contributed by atoms with E-state index < -0.39 is 0 Å². The molecule has 1 saturated heterocycles. The number of pyridine rings is 4. The monoisotopic (exact) mass is 428 g/mol. The van der Waals surface area contributed by atoms with Gasteiger partial charge in [0.25, 0.3) is 5.56 Å². The normalized spacial score (nSPS) is 15.4. The van der Waals surface area contributed by atoms with E-state index in [-0.39, 0.29) is 5.56 Å². The lowest BCUT2D eigenvalue weighted by molar-refractivity contribution is 0.204. The van der Waals surface area contributed by atoms with Gasteiger partial charge in [0.2, 0.25) is 0 Å². The lowest BCUT2D eigenvalue weighted by atomic mass is 9.89. The van der Waals surface area contributed by atoms with Crippen LogP contribution in [0.25, 0.3) is 21.9 Å². The number of hydrogen-bond donors (Lipinski definition) is 2. The van der Waals surface area contributed by atoms with Crippen LogP contribution in [0.3, 0.4) is 0 Å². The molecule has 32 heavy (non-hydrogen) atoms. The molecule has 2 N–H and O–H groups in total. The van der Waals surface area contributed by atoms with Crippen LogP contribution in [0.15, 0.2) is 47.7 Å². The number of fused-ring (bicyclic) bond motifs is 2. The maximum atomic E-state index is 12.1. The highest BCUT2D eigenvalue weighted by Gasteiger charge is 2.21. The fourth-order valence-electron chi connectivity index (χ4n) is 4.68. The Morgan fingerprint density at radius 2 is 1.97 bits per heavy atom. The van der Waals surface area contributed by atoms with E-state index in [1.54, 1.807) is 0 Å². The van der Waals surface area contributed by atoms with E-state index >= 15 is 0 Å². The van der Waals surface area contributed by atoms with Crippen LogP contribution in [0.2, 0.25) is 0 Å². The Morgan fingerprint density at radius 1 is 1.12 bits per heavy atom. The van der Waals surface area contributed by atoms with Crippen molar-refractivity contribution in [3.8, 4) is 0 Å². The summed E-state index contributed by atoms with van der Waals surface area (Å²) >= 11 is 0. The molecule has 0 unspecified atom stereocenters. The summed E-state index contributed by atoms with van der Waals surface area (Å²) in [6.07, 6.45) is 8.70. The number of anilines is 1. The van der Waals surface area contributed by atoms with Crippen molar-refractivity contribution in [2.45, 2.75) is 38.6 Å². The third kappa shape index (κ3) is 3.96. The highest BCUT2D eigenvalue weighted by molar-refractivity contribution is 5.88. The van der Waals surface area contributed by atoms with Gasteiger partial charge in [0.1, 0.15) is 5.52 Å². The van der Waals surface area contributed by atoms with Crippen molar-refractivity contribution in [1.29, 1.82) is 0 Å². The van der Waals surface area contributed by atoms with Crippen LogP contribution in [0.1, 0.15) is 42.4 Å². The van der Waals surface area contributed by atoms with Gasteiger partial charge in [0.05, 0.1) is 11.0 Å². The molecule has 5 rings (SSSR count). The third-order valence-electron chi connectivity index (χ3n) is 6.53. The molecule has 5 heterocycles.